The number of carbonyl (C=O) groups is 2. The molecule has 2 aromatic rings. The quantitative estimate of drug-likeness (QED) is 0.912. The molecule has 0 saturated carbocycles. The molecule has 0 unspecified atom stereocenters. The first-order valence-electron chi connectivity index (χ1n) is 7.54. The van der Waals surface area contributed by atoms with Crippen molar-refractivity contribution in [1.29, 1.82) is 0 Å². The third-order valence-corrected chi connectivity index (χ3v) is 3.75. The zero-order chi connectivity index (χ0) is 16.2. The largest absolute Gasteiger partial charge is 0.478 e. The Bertz CT molecular complexity index is 715. The van der Waals surface area contributed by atoms with Crippen molar-refractivity contribution in [2.24, 2.45) is 0 Å². The zero-order valence-corrected chi connectivity index (χ0v) is 12.8. The number of anilines is 1. The highest BCUT2D eigenvalue weighted by Gasteiger charge is 2.29. The summed E-state index contributed by atoms with van der Waals surface area (Å²) in [6.45, 7) is 1.91. The standard InChI is InChI=1S/C18H18N2O3/c1-12(13-7-3-2-4-8-13)19-17(21)11-16-18(22)20-14-9-5-6-10-15(14)23-16/h2-10,12,16H,11H2,1H3,(H,19,21)(H,20,22)/t12-,16+/m0/s1. The molecule has 1 aliphatic heterocycles. The topological polar surface area (TPSA) is 67.4 Å². The van der Waals surface area contributed by atoms with Crippen LogP contribution in [0.1, 0.15) is 24.9 Å². The number of hydrogen-bond acceptors (Lipinski definition) is 3. The minimum atomic E-state index is -0.812. The lowest BCUT2D eigenvalue weighted by molar-refractivity contribution is -0.130. The lowest BCUT2D eigenvalue weighted by Crippen LogP contribution is -2.41. The van der Waals surface area contributed by atoms with Crippen LogP contribution >= 0.6 is 0 Å². The van der Waals surface area contributed by atoms with Gasteiger partial charge in [-0.25, -0.2) is 0 Å². The Kier molecular flexibility index (Phi) is 4.28. The molecule has 118 valence electrons. The molecule has 0 radical (unpaired) electrons. The zero-order valence-electron chi connectivity index (χ0n) is 12.8. The van der Waals surface area contributed by atoms with Gasteiger partial charge in [0.25, 0.3) is 5.91 Å². The number of ether oxygens (including phenoxy) is 1. The van der Waals surface area contributed by atoms with E-state index in [1.165, 1.54) is 0 Å². The first kappa shape index (κ1) is 15.1. The van der Waals surface area contributed by atoms with E-state index in [0.717, 1.165) is 5.56 Å². The van der Waals surface area contributed by atoms with Crippen LogP contribution in [0.25, 0.3) is 0 Å². The Morgan fingerprint density at radius 2 is 1.87 bits per heavy atom. The van der Waals surface area contributed by atoms with Crippen LogP contribution in [0.5, 0.6) is 5.75 Å². The van der Waals surface area contributed by atoms with E-state index < -0.39 is 6.10 Å². The van der Waals surface area contributed by atoms with Crippen molar-refractivity contribution in [2.45, 2.75) is 25.5 Å². The number of hydrogen-bond donors (Lipinski definition) is 2. The minimum absolute atomic E-state index is 0.0165. The smallest absolute Gasteiger partial charge is 0.266 e. The van der Waals surface area contributed by atoms with Crippen molar-refractivity contribution in [3.63, 3.8) is 0 Å². The highest BCUT2D eigenvalue weighted by Crippen LogP contribution is 2.29. The van der Waals surface area contributed by atoms with Gasteiger partial charge >= 0.3 is 0 Å². The van der Waals surface area contributed by atoms with Crippen LogP contribution in [0.4, 0.5) is 5.69 Å². The van der Waals surface area contributed by atoms with Crippen LogP contribution in [-0.2, 0) is 9.59 Å². The Hall–Kier alpha value is -2.82. The van der Waals surface area contributed by atoms with Gasteiger partial charge in [0.05, 0.1) is 18.2 Å². The van der Waals surface area contributed by atoms with Crippen LogP contribution in [-0.4, -0.2) is 17.9 Å². The summed E-state index contributed by atoms with van der Waals surface area (Å²) in [6, 6.07) is 16.7. The summed E-state index contributed by atoms with van der Waals surface area (Å²) in [4.78, 5) is 24.2. The summed E-state index contributed by atoms with van der Waals surface area (Å²) in [5, 5.41) is 5.65. The molecule has 0 bridgehead atoms. The highest BCUT2D eigenvalue weighted by molar-refractivity contribution is 5.99. The molecule has 2 N–H and O–H groups in total. The van der Waals surface area contributed by atoms with Crippen molar-refractivity contribution < 1.29 is 14.3 Å². The fraction of sp³-hybridized carbons (Fsp3) is 0.222. The lowest BCUT2D eigenvalue weighted by Gasteiger charge is -2.25. The summed E-state index contributed by atoms with van der Waals surface area (Å²) >= 11 is 0. The maximum atomic E-state index is 12.2. The molecule has 5 nitrogen and oxygen atoms in total. The monoisotopic (exact) mass is 310 g/mol. The molecule has 0 saturated heterocycles. The number of carbonyl (C=O) groups excluding carboxylic acids is 2. The van der Waals surface area contributed by atoms with Crippen LogP contribution < -0.4 is 15.4 Å². The highest BCUT2D eigenvalue weighted by atomic mass is 16.5. The second-order valence-corrected chi connectivity index (χ2v) is 5.50. The molecule has 2 atom stereocenters. The molecule has 2 aromatic carbocycles. The van der Waals surface area contributed by atoms with E-state index in [0.29, 0.717) is 11.4 Å². The average molecular weight is 310 g/mol. The minimum Gasteiger partial charge on any atom is -0.478 e. The molecule has 0 spiro atoms. The SMILES string of the molecule is C[C@H](NC(=O)C[C@H]1Oc2ccccc2NC1=O)c1ccccc1. The number of benzene rings is 2. The van der Waals surface area contributed by atoms with Crippen molar-refractivity contribution in [3.8, 4) is 5.75 Å². The van der Waals surface area contributed by atoms with Gasteiger partial charge in [-0.2, -0.15) is 0 Å². The van der Waals surface area contributed by atoms with E-state index in [4.69, 9.17) is 4.74 Å². The van der Waals surface area contributed by atoms with Crippen molar-refractivity contribution in [2.75, 3.05) is 5.32 Å². The van der Waals surface area contributed by atoms with Crippen LogP contribution in [0.15, 0.2) is 54.6 Å². The first-order valence-corrected chi connectivity index (χ1v) is 7.54. The van der Waals surface area contributed by atoms with E-state index in [1.807, 2.05) is 49.4 Å². The van der Waals surface area contributed by atoms with E-state index in [1.54, 1.807) is 12.1 Å². The lowest BCUT2D eigenvalue weighted by atomic mass is 10.1. The number of rotatable bonds is 4. The Labute approximate surface area is 134 Å². The van der Waals surface area contributed by atoms with Gasteiger partial charge < -0.3 is 15.4 Å². The van der Waals surface area contributed by atoms with E-state index >= 15 is 0 Å². The molecule has 1 heterocycles. The van der Waals surface area contributed by atoms with Gasteiger partial charge in [-0.15, -0.1) is 0 Å². The van der Waals surface area contributed by atoms with Crippen LogP contribution in [0.3, 0.4) is 0 Å². The number of nitrogens with one attached hydrogen (secondary N) is 2. The molecule has 1 aliphatic rings. The molecular weight excluding hydrogens is 292 g/mol. The van der Waals surface area contributed by atoms with Gasteiger partial charge in [0.15, 0.2) is 6.10 Å². The predicted octanol–water partition coefficient (Wildman–Crippen LogP) is 2.65. The van der Waals surface area contributed by atoms with Crippen molar-refractivity contribution >= 4 is 17.5 Å². The van der Waals surface area contributed by atoms with E-state index in [2.05, 4.69) is 10.6 Å². The van der Waals surface area contributed by atoms with E-state index in [-0.39, 0.29) is 24.3 Å². The Balaban J connectivity index is 1.61. The normalized spacial score (nSPS) is 17.4. The van der Waals surface area contributed by atoms with Gasteiger partial charge in [-0.3, -0.25) is 9.59 Å². The van der Waals surface area contributed by atoms with Crippen molar-refractivity contribution in [1.82, 2.24) is 5.32 Å². The second kappa shape index (κ2) is 6.52. The van der Waals surface area contributed by atoms with Crippen LogP contribution in [0.2, 0.25) is 0 Å². The van der Waals surface area contributed by atoms with Crippen molar-refractivity contribution in [3.05, 3.63) is 60.2 Å². The maximum Gasteiger partial charge on any atom is 0.266 e. The molecule has 0 fully saturated rings. The predicted molar refractivity (Wildman–Crippen MR) is 87.1 cm³/mol. The Morgan fingerprint density at radius 1 is 1.17 bits per heavy atom. The fourth-order valence-electron chi connectivity index (χ4n) is 2.52. The molecule has 2 amide bonds. The summed E-state index contributed by atoms with van der Waals surface area (Å²) in [5.41, 5.74) is 1.65. The summed E-state index contributed by atoms with van der Waals surface area (Å²) in [7, 11) is 0. The number of fused-ring (bicyclic) bond motifs is 1. The van der Waals surface area contributed by atoms with Crippen LogP contribution in [0, 0.1) is 0 Å². The number of amides is 2. The molecule has 3 rings (SSSR count). The fourth-order valence-corrected chi connectivity index (χ4v) is 2.52. The first-order chi connectivity index (χ1) is 11.1. The third kappa shape index (κ3) is 3.51. The van der Waals surface area contributed by atoms with Gasteiger partial charge in [0.1, 0.15) is 5.75 Å². The Morgan fingerprint density at radius 3 is 2.65 bits per heavy atom. The average Bonchev–Trinajstić information content (AvgIpc) is 2.56. The summed E-state index contributed by atoms with van der Waals surface area (Å²) in [5.74, 6) is 0.0631. The number of para-hydroxylation sites is 2. The molecule has 0 aromatic heterocycles. The third-order valence-electron chi connectivity index (χ3n) is 3.75. The summed E-state index contributed by atoms with van der Waals surface area (Å²) in [6.07, 6.45) is -0.829. The van der Waals surface area contributed by atoms with Gasteiger partial charge in [-0.05, 0) is 24.6 Å². The van der Waals surface area contributed by atoms with Gasteiger partial charge in [0, 0.05) is 0 Å². The van der Waals surface area contributed by atoms with Gasteiger partial charge in [0.2, 0.25) is 5.91 Å². The molecular formula is C18H18N2O3. The van der Waals surface area contributed by atoms with Gasteiger partial charge in [-0.1, -0.05) is 42.5 Å². The molecule has 23 heavy (non-hydrogen) atoms. The van der Waals surface area contributed by atoms with E-state index in [9.17, 15) is 9.59 Å². The molecule has 5 heteroatoms. The maximum absolute atomic E-state index is 12.2. The summed E-state index contributed by atoms with van der Waals surface area (Å²) < 4.78 is 5.63. The second-order valence-electron chi connectivity index (χ2n) is 5.50. The molecule has 0 aliphatic carbocycles.